The lowest BCUT2D eigenvalue weighted by atomic mass is 9.90. The van der Waals surface area contributed by atoms with Gasteiger partial charge in [0.25, 0.3) is 0 Å². The number of hydrogen-bond acceptors (Lipinski definition) is 5. The molecule has 0 saturated carbocycles. The van der Waals surface area contributed by atoms with Crippen LogP contribution >= 0.6 is 0 Å². The summed E-state index contributed by atoms with van der Waals surface area (Å²) in [5.41, 5.74) is 0. The van der Waals surface area contributed by atoms with Gasteiger partial charge in [0.2, 0.25) is 0 Å². The van der Waals surface area contributed by atoms with E-state index in [9.17, 15) is 10.2 Å². The van der Waals surface area contributed by atoms with Crippen molar-refractivity contribution in [2.24, 2.45) is 5.92 Å². The summed E-state index contributed by atoms with van der Waals surface area (Å²) in [6, 6.07) is 0. The number of hydrogen-bond donors (Lipinski definition) is 4. The quantitative estimate of drug-likeness (QED) is 0.417. The van der Waals surface area contributed by atoms with Crippen LogP contribution in [0.3, 0.4) is 0 Å². The van der Waals surface area contributed by atoms with Gasteiger partial charge in [0.15, 0.2) is 0 Å². The minimum absolute atomic E-state index is 0.176. The smallest absolute Gasteiger partial charge is 0.111 e. The third-order valence-corrected chi connectivity index (χ3v) is 2.38. The van der Waals surface area contributed by atoms with Gasteiger partial charge >= 0.3 is 0 Å². The van der Waals surface area contributed by atoms with Crippen molar-refractivity contribution in [2.45, 2.75) is 31.3 Å². The maximum Gasteiger partial charge on any atom is 0.111 e. The van der Waals surface area contributed by atoms with Gasteiger partial charge in [-0.05, 0) is 0 Å². The summed E-state index contributed by atoms with van der Waals surface area (Å²) in [6.45, 7) is 1.87. The molecule has 78 valence electrons. The number of aliphatic hydroxyl groups excluding tert-OH is 4. The van der Waals surface area contributed by atoms with E-state index in [1.807, 2.05) is 6.92 Å². The summed E-state index contributed by atoms with van der Waals surface area (Å²) in [7, 11) is 0. The van der Waals surface area contributed by atoms with Crippen molar-refractivity contribution in [1.29, 1.82) is 0 Å². The summed E-state index contributed by atoms with van der Waals surface area (Å²) in [4.78, 5) is 0. The molecule has 0 spiro atoms. The predicted molar refractivity (Wildman–Crippen MR) is 44.0 cm³/mol. The standard InChI is InChI=1S/C8H16O5/c1-4-3-13-8(4)7(12)6(11)5(10)2-9/h4-12H,2-3H2,1H3/t4?,5-,6+,7-,8?/m1/s1. The topological polar surface area (TPSA) is 90.2 Å². The Morgan fingerprint density at radius 2 is 2.00 bits per heavy atom. The van der Waals surface area contributed by atoms with Gasteiger partial charge in [0, 0.05) is 5.92 Å². The van der Waals surface area contributed by atoms with Gasteiger partial charge < -0.3 is 25.2 Å². The van der Waals surface area contributed by atoms with Crippen LogP contribution in [-0.2, 0) is 4.74 Å². The second kappa shape index (κ2) is 4.34. The van der Waals surface area contributed by atoms with Crippen LogP contribution in [0, 0.1) is 5.92 Å². The second-order valence-corrected chi connectivity index (χ2v) is 3.51. The molecule has 0 bridgehead atoms. The highest BCUT2D eigenvalue weighted by molar-refractivity contribution is 4.88. The minimum atomic E-state index is -1.35. The van der Waals surface area contributed by atoms with E-state index in [0.717, 1.165) is 0 Å². The summed E-state index contributed by atoms with van der Waals surface area (Å²) in [5, 5.41) is 36.3. The fraction of sp³-hybridized carbons (Fsp3) is 1.00. The van der Waals surface area contributed by atoms with E-state index in [-0.39, 0.29) is 5.92 Å². The van der Waals surface area contributed by atoms with Crippen molar-refractivity contribution in [3.05, 3.63) is 0 Å². The van der Waals surface area contributed by atoms with Crippen LogP contribution < -0.4 is 0 Å². The largest absolute Gasteiger partial charge is 0.394 e. The molecule has 1 aliphatic heterocycles. The molecule has 1 aliphatic rings. The van der Waals surface area contributed by atoms with Crippen LogP contribution in [0.1, 0.15) is 6.92 Å². The zero-order valence-electron chi connectivity index (χ0n) is 7.50. The molecule has 0 radical (unpaired) electrons. The van der Waals surface area contributed by atoms with Crippen LogP contribution in [0.15, 0.2) is 0 Å². The third kappa shape index (κ3) is 2.18. The molecular formula is C8H16O5. The Labute approximate surface area is 76.6 Å². The molecule has 0 aliphatic carbocycles. The van der Waals surface area contributed by atoms with E-state index in [0.29, 0.717) is 6.61 Å². The Bertz CT molecular complexity index is 163. The maximum absolute atomic E-state index is 9.46. The molecule has 1 saturated heterocycles. The molecule has 5 atom stereocenters. The Morgan fingerprint density at radius 3 is 2.31 bits per heavy atom. The van der Waals surface area contributed by atoms with Crippen molar-refractivity contribution >= 4 is 0 Å². The van der Waals surface area contributed by atoms with Crippen LogP contribution in [0.4, 0.5) is 0 Å². The average Bonchev–Trinajstić information content (AvgIpc) is 2.12. The van der Waals surface area contributed by atoms with E-state index in [1.165, 1.54) is 0 Å². The van der Waals surface area contributed by atoms with Gasteiger partial charge in [-0.15, -0.1) is 0 Å². The third-order valence-electron chi connectivity index (χ3n) is 2.38. The molecule has 4 N–H and O–H groups in total. The van der Waals surface area contributed by atoms with Crippen LogP contribution in [0.25, 0.3) is 0 Å². The van der Waals surface area contributed by atoms with Crippen LogP contribution in [0.2, 0.25) is 0 Å². The molecule has 5 nitrogen and oxygen atoms in total. The molecule has 1 fully saturated rings. The van der Waals surface area contributed by atoms with Gasteiger partial charge in [-0.1, -0.05) is 6.92 Å². The maximum atomic E-state index is 9.46. The lowest BCUT2D eigenvalue weighted by Crippen LogP contribution is -2.54. The molecule has 0 aromatic carbocycles. The molecule has 1 rings (SSSR count). The van der Waals surface area contributed by atoms with E-state index in [2.05, 4.69) is 0 Å². The van der Waals surface area contributed by atoms with Crippen LogP contribution in [0.5, 0.6) is 0 Å². The summed E-state index contributed by atoms with van der Waals surface area (Å²) < 4.78 is 5.02. The zero-order valence-corrected chi connectivity index (χ0v) is 7.50. The zero-order chi connectivity index (χ0) is 10.0. The second-order valence-electron chi connectivity index (χ2n) is 3.51. The SMILES string of the molecule is CC1COC1[C@H](O)[C@@H](O)[C@H](O)CO. The Hall–Kier alpha value is -0.200. The molecule has 0 aromatic heterocycles. The minimum Gasteiger partial charge on any atom is -0.394 e. The van der Waals surface area contributed by atoms with Crippen molar-refractivity contribution in [3.8, 4) is 0 Å². The first-order chi connectivity index (χ1) is 6.07. The van der Waals surface area contributed by atoms with Gasteiger partial charge in [-0.2, -0.15) is 0 Å². The molecular weight excluding hydrogens is 176 g/mol. The Kier molecular flexibility index (Phi) is 3.63. The molecule has 0 aromatic rings. The van der Waals surface area contributed by atoms with Crippen molar-refractivity contribution in [2.75, 3.05) is 13.2 Å². The Balaban J connectivity index is 2.41. The fourth-order valence-electron chi connectivity index (χ4n) is 1.36. The summed E-state index contributed by atoms with van der Waals surface area (Å²) in [5.74, 6) is 0.176. The normalized spacial score (nSPS) is 34.8. The van der Waals surface area contributed by atoms with Gasteiger partial charge in [-0.25, -0.2) is 0 Å². The number of ether oxygens (including phenoxy) is 1. The first-order valence-electron chi connectivity index (χ1n) is 4.34. The van der Waals surface area contributed by atoms with E-state index >= 15 is 0 Å². The monoisotopic (exact) mass is 192 g/mol. The van der Waals surface area contributed by atoms with Gasteiger partial charge in [-0.3, -0.25) is 0 Å². The van der Waals surface area contributed by atoms with Crippen LogP contribution in [-0.4, -0.2) is 58.1 Å². The highest BCUT2D eigenvalue weighted by Crippen LogP contribution is 2.24. The first-order valence-corrected chi connectivity index (χ1v) is 4.34. The summed E-state index contributed by atoms with van der Waals surface area (Å²) in [6.07, 6.45) is -4.23. The number of rotatable bonds is 4. The average molecular weight is 192 g/mol. The molecule has 2 unspecified atom stereocenters. The summed E-state index contributed by atoms with van der Waals surface area (Å²) >= 11 is 0. The molecule has 1 heterocycles. The Morgan fingerprint density at radius 1 is 1.38 bits per heavy atom. The highest BCUT2D eigenvalue weighted by atomic mass is 16.5. The van der Waals surface area contributed by atoms with Gasteiger partial charge in [0.1, 0.15) is 18.3 Å². The lowest BCUT2D eigenvalue weighted by molar-refractivity contribution is -0.200. The van der Waals surface area contributed by atoms with Crippen molar-refractivity contribution in [1.82, 2.24) is 0 Å². The van der Waals surface area contributed by atoms with E-state index in [4.69, 9.17) is 14.9 Å². The van der Waals surface area contributed by atoms with Gasteiger partial charge in [0.05, 0.1) is 19.3 Å². The molecule has 0 amide bonds. The lowest BCUT2D eigenvalue weighted by Gasteiger charge is -2.39. The predicted octanol–water partition coefficient (Wildman–Crippen LogP) is -1.90. The highest BCUT2D eigenvalue weighted by Gasteiger charge is 2.40. The molecule has 13 heavy (non-hydrogen) atoms. The van der Waals surface area contributed by atoms with E-state index in [1.54, 1.807) is 0 Å². The van der Waals surface area contributed by atoms with Crippen molar-refractivity contribution < 1.29 is 25.2 Å². The number of aliphatic hydroxyl groups is 4. The fourth-order valence-corrected chi connectivity index (χ4v) is 1.36. The molecule has 5 heteroatoms. The van der Waals surface area contributed by atoms with Crippen molar-refractivity contribution in [3.63, 3.8) is 0 Å². The first kappa shape index (κ1) is 10.9. The van der Waals surface area contributed by atoms with E-state index < -0.39 is 31.0 Å².